The summed E-state index contributed by atoms with van der Waals surface area (Å²) in [4.78, 5) is 39.2. The van der Waals surface area contributed by atoms with Crippen molar-refractivity contribution in [2.24, 2.45) is 0 Å². The lowest BCUT2D eigenvalue weighted by atomic mass is 10.1. The number of anilines is 2. The molecule has 1 aliphatic rings. The number of nitrogens with zero attached hydrogens (tertiary/aromatic N) is 1. The van der Waals surface area contributed by atoms with E-state index in [9.17, 15) is 14.4 Å². The lowest BCUT2D eigenvalue weighted by Crippen LogP contribution is -2.46. The molecule has 8 nitrogen and oxygen atoms in total. The van der Waals surface area contributed by atoms with E-state index >= 15 is 0 Å². The van der Waals surface area contributed by atoms with E-state index in [4.69, 9.17) is 21.1 Å². The van der Waals surface area contributed by atoms with E-state index in [0.29, 0.717) is 28.1 Å². The molecule has 0 spiro atoms. The number of methoxy groups -OCH3 is 1. The molecule has 2 aromatic rings. The first kappa shape index (κ1) is 22.2. The second kappa shape index (κ2) is 10.0. The number of ether oxygens (including phenoxy) is 2. The van der Waals surface area contributed by atoms with Crippen LogP contribution >= 0.6 is 22.9 Å². The average Bonchev–Trinajstić information content (AvgIpc) is 3.15. The van der Waals surface area contributed by atoms with Crippen LogP contribution < -0.4 is 15.5 Å². The first-order valence-corrected chi connectivity index (χ1v) is 10.4. The van der Waals surface area contributed by atoms with Gasteiger partial charge in [0.15, 0.2) is 0 Å². The summed E-state index contributed by atoms with van der Waals surface area (Å²) >= 11 is 7.00. The van der Waals surface area contributed by atoms with Gasteiger partial charge in [-0.15, -0.1) is 11.3 Å². The van der Waals surface area contributed by atoms with Crippen LogP contribution in [0.25, 0.3) is 0 Å². The van der Waals surface area contributed by atoms with Gasteiger partial charge in [0.05, 0.1) is 22.4 Å². The predicted octanol–water partition coefficient (Wildman–Crippen LogP) is 2.46. The van der Waals surface area contributed by atoms with Gasteiger partial charge in [0, 0.05) is 25.0 Å². The fourth-order valence-corrected chi connectivity index (χ4v) is 4.00. The second-order valence-corrected chi connectivity index (χ2v) is 8.39. The van der Waals surface area contributed by atoms with Gasteiger partial charge in [-0.1, -0.05) is 11.6 Å². The van der Waals surface area contributed by atoms with Gasteiger partial charge >= 0.3 is 0 Å². The highest BCUT2D eigenvalue weighted by molar-refractivity contribution is 7.18. The Labute approximate surface area is 183 Å². The number of thiophene rings is 1. The van der Waals surface area contributed by atoms with Crippen LogP contribution in [0.1, 0.15) is 15.2 Å². The third-order valence-corrected chi connectivity index (χ3v) is 5.72. The maximum absolute atomic E-state index is 12.7. The largest absolute Gasteiger partial charge is 0.382 e. The van der Waals surface area contributed by atoms with E-state index in [1.165, 1.54) is 7.11 Å². The number of benzene rings is 1. The van der Waals surface area contributed by atoms with Crippen molar-refractivity contribution in [2.75, 3.05) is 43.7 Å². The molecule has 3 amide bonds. The molecule has 10 heteroatoms. The summed E-state index contributed by atoms with van der Waals surface area (Å²) in [6, 6.07) is 7.61. The van der Waals surface area contributed by atoms with Gasteiger partial charge in [0.2, 0.25) is 5.91 Å². The molecular weight excluding hydrogens is 430 g/mol. The standard InChI is InChI=1S/C20H22ClN3O5S/c1-12-9-13(3-4-15(12)24-7-8-29-11-18(24)25)22-19(26)14(10-28-2)23-20(27)16-5-6-17(21)30-16/h3-6,9,14H,7-8,10-11H2,1-2H3,(H,22,26)(H,23,27)/t14-/m0/s1. The smallest absolute Gasteiger partial charge is 0.262 e. The number of nitrogens with one attached hydrogen (secondary N) is 2. The van der Waals surface area contributed by atoms with E-state index in [1.807, 2.05) is 6.92 Å². The molecule has 30 heavy (non-hydrogen) atoms. The minimum absolute atomic E-state index is 0.00995. The maximum atomic E-state index is 12.7. The highest BCUT2D eigenvalue weighted by Crippen LogP contribution is 2.25. The van der Waals surface area contributed by atoms with Gasteiger partial charge < -0.3 is 25.0 Å². The third kappa shape index (κ3) is 5.37. The monoisotopic (exact) mass is 451 g/mol. The molecular formula is C20H22ClN3O5S. The Bertz CT molecular complexity index is 948. The third-order valence-electron chi connectivity index (χ3n) is 4.49. The lowest BCUT2D eigenvalue weighted by Gasteiger charge is -2.28. The van der Waals surface area contributed by atoms with Crippen LogP contribution in [0.4, 0.5) is 11.4 Å². The van der Waals surface area contributed by atoms with E-state index < -0.39 is 17.9 Å². The number of aryl methyl sites for hydroxylation is 1. The number of halogens is 1. The minimum atomic E-state index is -0.885. The van der Waals surface area contributed by atoms with Crippen LogP contribution in [0.3, 0.4) is 0 Å². The Balaban J connectivity index is 1.68. The SMILES string of the molecule is COC[C@H](NC(=O)c1ccc(Cl)s1)C(=O)Nc1ccc(N2CCOCC2=O)c(C)c1. The molecule has 0 aliphatic carbocycles. The van der Waals surface area contributed by atoms with Gasteiger partial charge in [0.25, 0.3) is 11.8 Å². The normalized spacial score (nSPS) is 15.0. The van der Waals surface area contributed by atoms with Crippen LogP contribution in [0, 0.1) is 6.92 Å². The summed E-state index contributed by atoms with van der Waals surface area (Å²) < 4.78 is 10.7. The van der Waals surface area contributed by atoms with Crippen molar-refractivity contribution in [1.82, 2.24) is 5.32 Å². The Hall–Kier alpha value is -2.46. The van der Waals surface area contributed by atoms with Crippen LogP contribution in [0.2, 0.25) is 4.34 Å². The zero-order chi connectivity index (χ0) is 21.7. The van der Waals surface area contributed by atoms with Crippen LogP contribution in [0.15, 0.2) is 30.3 Å². The van der Waals surface area contributed by atoms with Crippen molar-refractivity contribution in [2.45, 2.75) is 13.0 Å². The van der Waals surface area contributed by atoms with Gasteiger partial charge in [0.1, 0.15) is 12.6 Å². The molecule has 2 N–H and O–H groups in total. The first-order valence-electron chi connectivity index (χ1n) is 9.24. The Morgan fingerprint density at radius 3 is 2.77 bits per heavy atom. The van der Waals surface area contributed by atoms with E-state index in [1.54, 1.807) is 35.2 Å². The van der Waals surface area contributed by atoms with Crippen molar-refractivity contribution in [1.29, 1.82) is 0 Å². The van der Waals surface area contributed by atoms with Crippen molar-refractivity contribution in [3.05, 3.63) is 45.1 Å². The quantitative estimate of drug-likeness (QED) is 0.674. The summed E-state index contributed by atoms with van der Waals surface area (Å²) in [6.07, 6.45) is 0. The van der Waals surface area contributed by atoms with Gasteiger partial charge in [-0.05, 0) is 42.8 Å². The molecule has 0 unspecified atom stereocenters. The fourth-order valence-electron chi connectivity index (χ4n) is 3.05. The van der Waals surface area contributed by atoms with Crippen molar-refractivity contribution in [3.63, 3.8) is 0 Å². The summed E-state index contributed by atoms with van der Waals surface area (Å²) in [7, 11) is 1.45. The second-order valence-electron chi connectivity index (χ2n) is 6.67. The number of amides is 3. The number of hydrogen-bond donors (Lipinski definition) is 2. The Morgan fingerprint density at radius 2 is 2.13 bits per heavy atom. The molecule has 1 aromatic heterocycles. The predicted molar refractivity (Wildman–Crippen MR) is 115 cm³/mol. The van der Waals surface area contributed by atoms with Gasteiger partial charge in [-0.25, -0.2) is 0 Å². The van der Waals surface area contributed by atoms with E-state index in [0.717, 1.165) is 22.6 Å². The van der Waals surface area contributed by atoms with Crippen LogP contribution in [0.5, 0.6) is 0 Å². The molecule has 160 valence electrons. The maximum Gasteiger partial charge on any atom is 0.262 e. The summed E-state index contributed by atoms with van der Waals surface area (Å²) in [5.41, 5.74) is 2.16. The number of hydrogen-bond acceptors (Lipinski definition) is 6. The Morgan fingerprint density at radius 1 is 1.33 bits per heavy atom. The molecule has 1 aliphatic heterocycles. The number of rotatable bonds is 7. The molecule has 1 aromatic carbocycles. The molecule has 2 heterocycles. The van der Waals surface area contributed by atoms with E-state index in [-0.39, 0.29) is 19.1 Å². The van der Waals surface area contributed by atoms with E-state index in [2.05, 4.69) is 10.6 Å². The zero-order valence-corrected chi connectivity index (χ0v) is 18.1. The number of morpholine rings is 1. The van der Waals surface area contributed by atoms with Crippen molar-refractivity contribution in [3.8, 4) is 0 Å². The fraction of sp³-hybridized carbons (Fsp3) is 0.350. The highest BCUT2D eigenvalue weighted by atomic mass is 35.5. The minimum Gasteiger partial charge on any atom is -0.382 e. The Kier molecular flexibility index (Phi) is 7.43. The molecule has 0 bridgehead atoms. The summed E-state index contributed by atoms with van der Waals surface area (Å²) in [6.45, 7) is 2.90. The molecule has 1 atom stereocenters. The molecule has 1 saturated heterocycles. The van der Waals surface area contributed by atoms with Gasteiger partial charge in [-0.2, -0.15) is 0 Å². The molecule has 0 radical (unpaired) electrons. The lowest BCUT2D eigenvalue weighted by molar-refractivity contribution is -0.125. The number of carbonyl (C=O) groups is 3. The highest BCUT2D eigenvalue weighted by Gasteiger charge is 2.24. The molecule has 0 saturated carbocycles. The number of carbonyl (C=O) groups excluding carboxylic acids is 3. The van der Waals surface area contributed by atoms with Crippen LogP contribution in [-0.2, 0) is 19.1 Å². The zero-order valence-electron chi connectivity index (χ0n) is 16.6. The average molecular weight is 452 g/mol. The van der Waals surface area contributed by atoms with Gasteiger partial charge in [-0.3, -0.25) is 14.4 Å². The van der Waals surface area contributed by atoms with Crippen LogP contribution in [-0.4, -0.2) is 57.2 Å². The van der Waals surface area contributed by atoms with Crippen molar-refractivity contribution < 1.29 is 23.9 Å². The summed E-state index contributed by atoms with van der Waals surface area (Å²) in [5.74, 6) is -0.915. The first-order chi connectivity index (χ1) is 14.4. The molecule has 3 rings (SSSR count). The molecule has 1 fully saturated rings. The van der Waals surface area contributed by atoms with Crippen molar-refractivity contribution >= 4 is 52.0 Å². The summed E-state index contributed by atoms with van der Waals surface area (Å²) in [5, 5.41) is 5.45. The topological polar surface area (TPSA) is 97.0 Å².